The van der Waals surface area contributed by atoms with Crippen LogP contribution in [0.1, 0.15) is 5.56 Å². The number of rotatable bonds is 7. The second-order valence-electron chi connectivity index (χ2n) is 4.46. The molecule has 5 nitrogen and oxygen atoms in total. The molecule has 0 spiro atoms. The Kier molecular flexibility index (Phi) is 5.38. The lowest BCUT2D eigenvalue weighted by molar-refractivity contribution is -0.384. The minimum Gasteiger partial charge on any atom is -0.300 e. The summed E-state index contributed by atoms with van der Waals surface area (Å²) in [6.45, 7) is -3.16. The molecule has 1 aromatic heterocycles. The minimum atomic E-state index is -6.33. The maximum absolute atomic E-state index is 13.4. The molecule has 0 fully saturated rings. The van der Waals surface area contributed by atoms with Crippen molar-refractivity contribution in [2.75, 3.05) is 12.0 Å². The van der Waals surface area contributed by atoms with Crippen molar-refractivity contribution < 1.29 is 44.4 Å². The molecule has 1 N–H and O–H groups in total. The molecule has 0 amide bonds. The van der Waals surface area contributed by atoms with Crippen LogP contribution < -0.4 is 5.32 Å². The quantitative estimate of drug-likeness (QED) is 0.238. The smallest absolute Gasteiger partial charge is 0.300 e. The van der Waals surface area contributed by atoms with Crippen molar-refractivity contribution >= 4 is 23.1 Å². The Morgan fingerprint density at radius 1 is 1.16 bits per heavy atom. The van der Waals surface area contributed by atoms with E-state index in [2.05, 4.69) is 16.6 Å². The zero-order valence-corrected chi connectivity index (χ0v) is 12.1. The third-order valence-corrected chi connectivity index (χ3v) is 2.91. The van der Waals surface area contributed by atoms with Gasteiger partial charge in [-0.1, -0.05) is 0 Å². The second-order valence-corrected chi connectivity index (χ2v) is 4.93. The van der Waals surface area contributed by atoms with Crippen LogP contribution in [0.3, 0.4) is 0 Å². The molecule has 142 valence electrons. The number of hydrogen-bond donors (Lipinski definition) is 1. The van der Waals surface area contributed by atoms with E-state index in [4.69, 9.17) is 0 Å². The van der Waals surface area contributed by atoms with Gasteiger partial charge in [0.2, 0.25) is 5.82 Å². The van der Waals surface area contributed by atoms with E-state index in [0.29, 0.717) is 5.32 Å². The molecule has 0 aromatic carbocycles. The topological polar surface area (TPSA) is 68.1 Å². The Hall–Kier alpha value is -1.99. The SMILES string of the molecule is O=[N+]([O-])c1cc(C(F)(F)Cl)cnc1NC(F)(F)C(F)(F)C(F)(F)CF. The van der Waals surface area contributed by atoms with Crippen molar-refractivity contribution in [2.24, 2.45) is 0 Å². The van der Waals surface area contributed by atoms with Gasteiger partial charge in [-0.25, -0.2) is 9.37 Å². The van der Waals surface area contributed by atoms with Gasteiger partial charge >= 0.3 is 29.0 Å². The van der Waals surface area contributed by atoms with Crippen molar-refractivity contribution in [1.82, 2.24) is 4.98 Å². The first-order chi connectivity index (χ1) is 11.1. The van der Waals surface area contributed by atoms with Crippen LogP contribution in [-0.2, 0) is 5.38 Å². The van der Waals surface area contributed by atoms with Gasteiger partial charge in [0.25, 0.3) is 0 Å². The summed E-state index contributed by atoms with van der Waals surface area (Å²) < 4.78 is 116. The normalized spacial score (nSPS) is 13.7. The molecule has 0 bridgehead atoms. The van der Waals surface area contributed by atoms with Crippen molar-refractivity contribution in [2.45, 2.75) is 23.3 Å². The Bertz CT molecular complexity index is 666. The first-order valence-electron chi connectivity index (χ1n) is 5.76. The molecule has 0 saturated heterocycles. The van der Waals surface area contributed by atoms with Crippen molar-refractivity contribution in [3.05, 3.63) is 27.9 Å². The summed E-state index contributed by atoms with van der Waals surface area (Å²) in [5.41, 5.74) is -3.03. The predicted molar refractivity (Wildman–Crippen MR) is 65.1 cm³/mol. The van der Waals surface area contributed by atoms with Crippen LogP contribution in [-0.4, -0.2) is 34.5 Å². The molecule has 0 aliphatic carbocycles. The van der Waals surface area contributed by atoms with Crippen molar-refractivity contribution in [3.8, 4) is 0 Å². The first kappa shape index (κ1) is 21.1. The zero-order valence-electron chi connectivity index (χ0n) is 11.4. The van der Waals surface area contributed by atoms with Crippen LogP contribution in [0, 0.1) is 10.1 Å². The van der Waals surface area contributed by atoms with Crippen LogP contribution >= 0.6 is 11.6 Å². The maximum Gasteiger partial charge on any atom is 0.394 e. The van der Waals surface area contributed by atoms with Gasteiger partial charge in [0.05, 0.1) is 10.5 Å². The largest absolute Gasteiger partial charge is 0.394 e. The van der Waals surface area contributed by atoms with Crippen LogP contribution in [0.25, 0.3) is 0 Å². The number of anilines is 1. The maximum atomic E-state index is 13.4. The highest BCUT2D eigenvalue weighted by molar-refractivity contribution is 6.21. The Balaban J connectivity index is 3.36. The lowest BCUT2D eigenvalue weighted by Crippen LogP contribution is -2.58. The molecule has 15 heteroatoms. The summed E-state index contributed by atoms with van der Waals surface area (Å²) in [5.74, 6) is -13.9. The number of nitrogens with zero attached hydrogens (tertiary/aromatic N) is 2. The van der Waals surface area contributed by atoms with Crippen LogP contribution in [0.2, 0.25) is 0 Å². The molecule has 0 atom stereocenters. The van der Waals surface area contributed by atoms with Gasteiger partial charge in [0.15, 0.2) is 6.67 Å². The van der Waals surface area contributed by atoms with Crippen molar-refractivity contribution in [1.29, 1.82) is 0 Å². The standard InChI is InChI=1S/C10H5ClF9N3O2/c11-8(15,16)4-1-5(23(24)25)6(21-2-4)22-10(19,20)9(17,18)7(13,14)3-12/h1-2H,3H2,(H,21,22). The molecule has 0 aliphatic heterocycles. The van der Waals surface area contributed by atoms with Gasteiger partial charge in [-0.2, -0.15) is 35.1 Å². The van der Waals surface area contributed by atoms with Gasteiger partial charge in [-0.05, 0) is 11.6 Å². The molecule has 25 heavy (non-hydrogen) atoms. The van der Waals surface area contributed by atoms with Gasteiger partial charge in [-0.15, -0.1) is 0 Å². The fourth-order valence-corrected chi connectivity index (χ4v) is 1.49. The number of nitro groups is 1. The molecule has 1 heterocycles. The fraction of sp³-hybridized carbons (Fsp3) is 0.500. The van der Waals surface area contributed by atoms with Gasteiger partial charge in [0, 0.05) is 12.3 Å². The summed E-state index contributed by atoms with van der Waals surface area (Å²) in [5, 5.41) is 6.83. The number of aromatic nitrogens is 1. The van der Waals surface area contributed by atoms with Crippen molar-refractivity contribution in [3.63, 3.8) is 0 Å². The van der Waals surface area contributed by atoms with E-state index in [0.717, 1.165) is 0 Å². The van der Waals surface area contributed by atoms with E-state index >= 15 is 0 Å². The summed E-state index contributed by atoms with van der Waals surface area (Å²) >= 11 is 4.55. The van der Waals surface area contributed by atoms with Gasteiger partial charge < -0.3 is 5.32 Å². The lowest BCUT2D eigenvalue weighted by atomic mass is 10.1. The van der Waals surface area contributed by atoms with Crippen LogP contribution in [0.5, 0.6) is 0 Å². The summed E-state index contributed by atoms with van der Waals surface area (Å²) in [6.07, 6.45) is 0.0177. The van der Waals surface area contributed by atoms with Gasteiger partial charge in [0.1, 0.15) is 0 Å². The van der Waals surface area contributed by atoms with E-state index in [1.165, 1.54) is 0 Å². The van der Waals surface area contributed by atoms with E-state index in [1.807, 2.05) is 0 Å². The molecule has 0 saturated carbocycles. The number of nitrogens with one attached hydrogen (secondary N) is 1. The molecule has 1 rings (SSSR count). The molecule has 1 aromatic rings. The van der Waals surface area contributed by atoms with E-state index in [9.17, 15) is 49.6 Å². The lowest BCUT2D eigenvalue weighted by Gasteiger charge is -2.31. The number of hydrogen-bond acceptors (Lipinski definition) is 4. The average Bonchev–Trinajstić information content (AvgIpc) is 2.45. The number of halogens is 10. The van der Waals surface area contributed by atoms with E-state index < -0.39 is 51.9 Å². The zero-order chi connectivity index (χ0) is 19.8. The molecule has 0 aliphatic rings. The number of pyridine rings is 1. The molecular formula is C10H5ClF9N3O2. The fourth-order valence-electron chi connectivity index (χ4n) is 1.38. The molecular weight excluding hydrogens is 401 g/mol. The second kappa shape index (κ2) is 6.38. The Morgan fingerprint density at radius 3 is 2.08 bits per heavy atom. The van der Waals surface area contributed by atoms with E-state index in [1.54, 1.807) is 0 Å². The summed E-state index contributed by atoms with van der Waals surface area (Å²) in [4.78, 5) is 11.8. The Labute approximate surface area is 136 Å². The average molecular weight is 406 g/mol. The monoisotopic (exact) mass is 405 g/mol. The Morgan fingerprint density at radius 2 is 1.68 bits per heavy atom. The summed E-state index contributed by atoms with van der Waals surface area (Å²) in [7, 11) is 0. The van der Waals surface area contributed by atoms with Crippen LogP contribution in [0.15, 0.2) is 12.3 Å². The highest BCUT2D eigenvalue weighted by Gasteiger charge is 2.72. The third kappa shape index (κ3) is 3.99. The molecule has 0 unspecified atom stereocenters. The minimum absolute atomic E-state index is 0.0177. The third-order valence-electron chi connectivity index (χ3n) is 2.69. The first-order valence-corrected chi connectivity index (χ1v) is 6.14. The highest BCUT2D eigenvalue weighted by atomic mass is 35.5. The van der Waals surface area contributed by atoms with Gasteiger partial charge in [-0.3, -0.25) is 10.1 Å². The predicted octanol–water partition coefficient (Wildman–Crippen LogP) is 4.52. The highest BCUT2D eigenvalue weighted by Crippen LogP contribution is 2.47. The number of alkyl halides is 10. The van der Waals surface area contributed by atoms with Crippen LogP contribution in [0.4, 0.5) is 51.0 Å². The van der Waals surface area contributed by atoms with E-state index in [-0.39, 0.29) is 12.3 Å². The summed E-state index contributed by atoms with van der Waals surface area (Å²) in [6, 6.07) is -6.00. The molecule has 0 radical (unpaired) electrons.